The van der Waals surface area contributed by atoms with Gasteiger partial charge in [0.25, 0.3) is 0 Å². The van der Waals surface area contributed by atoms with Gasteiger partial charge in [-0.3, -0.25) is 0 Å². The summed E-state index contributed by atoms with van der Waals surface area (Å²) in [5.74, 6) is 0. The Hall–Kier alpha value is -9.25. The van der Waals surface area contributed by atoms with Gasteiger partial charge in [-0.05, 0) is 102 Å². The van der Waals surface area contributed by atoms with Gasteiger partial charge in [0.1, 0.15) is 0 Å². The zero-order valence-corrected chi connectivity index (χ0v) is 40.0. The highest BCUT2D eigenvalue weighted by molar-refractivity contribution is 6.84. The number of hydrogen-bond donors (Lipinski definition) is 0. The second kappa shape index (κ2) is 13.0. The monoisotopic (exact) mass is 934 g/mol. The molecule has 2 aliphatic carbocycles. The second-order valence-corrected chi connectivity index (χ2v) is 21.3. The van der Waals surface area contributed by atoms with Gasteiger partial charge in [0.2, 0.25) is 0 Å². The third kappa shape index (κ3) is 3.99. The van der Waals surface area contributed by atoms with E-state index in [9.17, 15) is 0 Å². The van der Waals surface area contributed by atoms with Crippen LogP contribution in [-0.2, 0) is 10.8 Å². The van der Waals surface area contributed by atoms with Gasteiger partial charge >= 0.3 is 14.0 Å². The highest BCUT2D eigenvalue weighted by Gasteiger charge is 2.59. The standard InChI is InChI=1S/C68H40B2N4/c1-7-27-47-41(21-1)42-22-2-8-28-48(42)67(47)51-31-11-15-35-55(51)69-71-57-37-17-5-25-45(57)62-63(71)65(73(69)59-39-19-13-33-53(59)67)61-46-26-6-18-38-58(46)72-64(61)66(62)74-60-40-20-14-34-54(60)68(52-32-12-16-36-56(52)70(72)74)49-29-9-3-23-43(49)44-24-4-10-30-50(44)68/h1-40H. The van der Waals surface area contributed by atoms with E-state index < -0.39 is 10.8 Å². The fourth-order valence-electron chi connectivity index (χ4n) is 16.3. The molecule has 2 spiro atoms. The molecule has 13 aromatic rings. The Balaban J connectivity index is 1.01. The molecule has 0 saturated carbocycles. The molecule has 0 bridgehead atoms. The van der Waals surface area contributed by atoms with Crippen LogP contribution in [0.25, 0.3) is 65.9 Å². The number of fused-ring (bicyclic) bond motifs is 36. The maximum atomic E-state index is 2.78. The number of anilines is 4. The summed E-state index contributed by atoms with van der Waals surface area (Å²) in [6.45, 7) is -0.376. The molecular weight excluding hydrogens is 894 g/mol. The molecule has 11 aromatic carbocycles. The first-order valence-electron chi connectivity index (χ1n) is 26.2. The summed E-state index contributed by atoms with van der Waals surface area (Å²) in [5, 5.41) is 5.17. The summed E-state index contributed by atoms with van der Waals surface area (Å²) in [6.07, 6.45) is 0. The number of hydrogen-bond acceptors (Lipinski definition) is 2. The first kappa shape index (κ1) is 38.4. The molecule has 74 heavy (non-hydrogen) atoms. The third-order valence-electron chi connectivity index (χ3n) is 18.5. The second-order valence-electron chi connectivity index (χ2n) is 21.3. The normalized spacial score (nSPS) is 15.7. The fourth-order valence-corrected chi connectivity index (χ4v) is 16.3. The van der Waals surface area contributed by atoms with Crippen LogP contribution in [0.4, 0.5) is 22.7 Å². The van der Waals surface area contributed by atoms with E-state index in [-0.39, 0.29) is 14.0 Å². The van der Waals surface area contributed by atoms with Crippen LogP contribution in [0.15, 0.2) is 243 Å². The zero-order chi connectivity index (χ0) is 47.8. The lowest BCUT2D eigenvalue weighted by Gasteiger charge is -2.36. The summed E-state index contributed by atoms with van der Waals surface area (Å²) in [4.78, 5) is 5.56. The lowest BCUT2D eigenvalue weighted by molar-refractivity contribution is 0.777. The van der Waals surface area contributed by atoms with E-state index in [4.69, 9.17) is 0 Å². The smallest absolute Gasteiger partial charge is 0.359 e. The average molecular weight is 935 g/mol. The van der Waals surface area contributed by atoms with Crippen LogP contribution in [0.2, 0.25) is 0 Å². The van der Waals surface area contributed by atoms with E-state index in [0.29, 0.717) is 0 Å². The van der Waals surface area contributed by atoms with Crippen LogP contribution >= 0.6 is 0 Å². The number of aromatic nitrogens is 2. The Labute approximate surface area is 427 Å². The largest absolute Gasteiger partial charge is 0.421 e. The average Bonchev–Trinajstić information content (AvgIpc) is 4.29. The summed E-state index contributed by atoms with van der Waals surface area (Å²) < 4.78 is 5.50. The quantitative estimate of drug-likeness (QED) is 0.141. The molecule has 4 nitrogen and oxygen atoms in total. The van der Waals surface area contributed by atoms with Crippen molar-refractivity contribution in [3.8, 4) is 22.3 Å². The van der Waals surface area contributed by atoms with E-state index in [1.54, 1.807) is 0 Å². The van der Waals surface area contributed by atoms with Gasteiger partial charge in [0.05, 0.1) is 33.2 Å². The molecule has 2 aromatic heterocycles. The summed E-state index contributed by atoms with van der Waals surface area (Å²) in [5.41, 5.74) is 27.5. The molecule has 6 heteroatoms. The van der Waals surface area contributed by atoms with Gasteiger partial charge in [-0.1, -0.05) is 218 Å². The number of benzene rings is 11. The Morgan fingerprint density at radius 2 is 0.568 bits per heavy atom. The first-order chi connectivity index (χ1) is 36.8. The van der Waals surface area contributed by atoms with Crippen molar-refractivity contribution in [2.45, 2.75) is 10.8 Å². The molecule has 0 fully saturated rings. The van der Waals surface area contributed by atoms with Crippen molar-refractivity contribution in [2.24, 2.45) is 0 Å². The molecule has 4 aliphatic heterocycles. The Kier molecular flexibility index (Phi) is 6.77. The van der Waals surface area contributed by atoms with Gasteiger partial charge in [-0.2, -0.15) is 0 Å². The van der Waals surface area contributed by atoms with Gasteiger partial charge < -0.3 is 18.6 Å². The topological polar surface area (TPSA) is 16.3 Å². The van der Waals surface area contributed by atoms with E-state index in [0.717, 1.165) is 0 Å². The van der Waals surface area contributed by atoms with E-state index >= 15 is 0 Å². The van der Waals surface area contributed by atoms with Crippen LogP contribution < -0.4 is 20.5 Å². The molecule has 6 aliphatic rings. The molecule has 0 amide bonds. The van der Waals surface area contributed by atoms with Crippen molar-refractivity contribution in [3.05, 3.63) is 287 Å². The van der Waals surface area contributed by atoms with Crippen LogP contribution in [0.1, 0.15) is 44.5 Å². The van der Waals surface area contributed by atoms with Crippen molar-refractivity contribution < 1.29 is 0 Å². The Morgan fingerprint density at radius 3 is 0.959 bits per heavy atom. The van der Waals surface area contributed by atoms with E-state index in [1.807, 2.05) is 0 Å². The number of rotatable bonds is 0. The Morgan fingerprint density at radius 1 is 0.270 bits per heavy atom. The molecule has 0 radical (unpaired) electrons. The lowest BCUT2D eigenvalue weighted by atomic mass is 9.59. The minimum Gasteiger partial charge on any atom is -0.359 e. The number of para-hydroxylation sites is 4. The van der Waals surface area contributed by atoms with E-state index in [2.05, 4.69) is 261 Å². The predicted octanol–water partition coefficient (Wildman–Crippen LogP) is 14.0. The summed E-state index contributed by atoms with van der Waals surface area (Å²) in [6, 6.07) is 93.1. The zero-order valence-electron chi connectivity index (χ0n) is 40.0. The fraction of sp³-hybridized carbons (Fsp3) is 0.0294. The molecule has 0 N–H and O–H groups in total. The van der Waals surface area contributed by atoms with Gasteiger partial charge in [0.15, 0.2) is 0 Å². The maximum absolute atomic E-state index is 2.78. The molecular formula is C68H40B2N4. The maximum Gasteiger partial charge on any atom is 0.421 e. The van der Waals surface area contributed by atoms with Crippen molar-refractivity contribution in [1.82, 2.24) is 8.96 Å². The SMILES string of the molecule is c1ccc2c(c1)B1N(c3ccccc3C23c2ccccc2-c2ccccc23)c2c3c4ccccc4n4c3c(c3c5ccccc5n1c23)N1B4c2ccccc2C2(c3ccccc3-c3ccccc32)c2ccccc21. The van der Waals surface area contributed by atoms with E-state index in [1.165, 1.54) is 144 Å². The third-order valence-corrected chi connectivity index (χ3v) is 18.5. The lowest BCUT2D eigenvalue weighted by Crippen LogP contribution is -2.50. The van der Waals surface area contributed by atoms with Crippen LogP contribution in [0, 0.1) is 0 Å². The highest BCUT2D eigenvalue weighted by Crippen LogP contribution is 2.65. The molecule has 338 valence electrons. The summed E-state index contributed by atoms with van der Waals surface area (Å²) >= 11 is 0. The van der Waals surface area contributed by atoms with Crippen molar-refractivity contribution >= 4 is 91.3 Å². The van der Waals surface area contributed by atoms with Crippen molar-refractivity contribution in [2.75, 3.05) is 9.62 Å². The van der Waals surface area contributed by atoms with Crippen LogP contribution in [0.5, 0.6) is 0 Å². The molecule has 0 unspecified atom stereocenters. The predicted molar refractivity (Wildman–Crippen MR) is 306 cm³/mol. The minimum atomic E-state index is -0.562. The van der Waals surface area contributed by atoms with Gasteiger partial charge in [-0.15, -0.1) is 0 Å². The first-order valence-corrected chi connectivity index (χ1v) is 26.2. The molecule has 0 saturated heterocycles. The highest BCUT2D eigenvalue weighted by atomic mass is 15.3. The minimum absolute atomic E-state index is 0.188. The van der Waals surface area contributed by atoms with Crippen LogP contribution in [-0.4, -0.2) is 22.9 Å². The van der Waals surface area contributed by atoms with Gasteiger partial charge in [-0.25, -0.2) is 0 Å². The van der Waals surface area contributed by atoms with Crippen LogP contribution in [0.3, 0.4) is 0 Å². The molecule has 6 heterocycles. The number of nitrogens with zero attached hydrogens (tertiary/aromatic N) is 4. The molecule has 0 atom stereocenters. The van der Waals surface area contributed by atoms with Crippen molar-refractivity contribution in [1.29, 1.82) is 0 Å². The van der Waals surface area contributed by atoms with Crippen molar-refractivity contribution in [3.63, 3.8) is 0 Å². The summed E-state index contributed by atoms with van der Waals surface area (Å²) in [7, 11) is 0. The molecule has 19 rings (SSSR count). The Bertz CT molecular complexity index is 4360. The van der Waals surface area contributed by atoms with Gasteiger partial charge in [0, 0.05) is 44.0 Å².